The molecule has 0 radical (unpaired) electrons. The van der Waals surface area contributed by atoms with E-state index in [1.807, 2.05) is 0 Å². The number of rotatable bonds is 10. The van der Waals surface area contributed by atoms with Gasteiger partial charge in [-0.05, 0) is 36.0 Å². The highest BCUT2D eigenvalue weighted by Crippen LogP contribution is 2.32. The first-order chi connectivity index (χ1) is 11.0. The Balaban J connectivity index is 2.62. The third kappa shape index (κ3) is 7.22. The van der Waals surface area contributed by atoms with Gasteiger partial charge < -0.3 is 10.4 Å². The van der Waals surface area contributed by atoms with Gasteiger partial charge in [-0.2, -0.15) is 4.37 Å². The second kappa shape index (κ2) is 10.5. The number of aromatic nitrogens is 1. The molecule has 1 heterocycles. The van der Waals surface area contributed by atoms with E-state index in [0.717, 1.165) is 43.0 Å². The van der Waals surface area contributed by atoms with E-state index in [-0.39, 0.29) is 16.6 Å². The van der Waals surface area contributed by atoms with Crippen LogP contribution in [0.3, 0.4) is 0 Å². The zero-order valence-corrected chi connectivity index (χ0v) is 15.5. The highest BCUT2D eigenvalue weighted by Gasteiger charge is 2.22. The first kappa shape index (κ1) is 19.8. The number of thioether (sulfide) groups is 1. The lowest BCUT2D eigenvalue weighted by Gasteiger charge is -2.08. The molecule has 23 heavy (non-hydrogen) atoms. The molecule has 0 fully saturated rings. The minimum atomic E-state index is -1.06. The first-order valence-electron chi connectivity index (χ1n) is 7.86. The standard InChI is InChI=1S/C15H25N3O3S2/c1-4-5-6-9-22-13-11(14(19)20)12(23-18-13)17-15(21)16-8-7-10(2)3/h10H,4-9H2,1-3H3,(H,19,20)(H2,16,17,21). The summed E-state index contributed by atoms with van der Waals surface area (Å²) in [5, 5.41) is 15.5. The van der Waals surface area contributed by atoms with Gasteiger partial charge in [-0.15, -0.1) is 11.8 Å². The Labute approximate surface area is 145 Å². The van der Waals surface area contributed by atoms with Crippen molar-refractivity contribution in [1.82, 2.24) is 9.69 Å². The molecule has 0 saturated carbocycles. The minimum Gasteiger partial charge on any atom is -0.477 e. The van der Waals surface area contributed by atoms with Crippen LogP contribution in [-0.2, 0) is 0 Å². The number of carbonyl (C=O) groups excluding carboxylic acids is 1. The van der Waals surface area contributed by atoms with E-state index in [1.165, 1.54) is 11.8 Å². The molecule has 0 aliphatic carbocycles. The summed E-state index contributed by atoms with van der Waals surface area (Å²) in [5.41, 5.74) is 0.0931. The Morgan fingerprint density at radius 3 is 2.70 bits per heavy atom. The third-order valence-corrected chi connectivity index (χ3v) is 5.04. The molecule has 0 atom stereocenters. The van der Waals surface area contributed by atoms with E-state index >= 15 is 0 Å². The Hall–Kier alpha value is -1.28. The maximum Gasteiger partial charge on any atom is 0.341 e. The molecule has 0 bridgehead atoms. The van der Waals surface area contributed by atoms with E-state index in [2.05, 4.69) is 35.8 Å². The number of carbonyl (C=O) groups is 2. The fourth-order valence-corrected chi connectivity index (χ4v) is 3.73. The molecule has 2 amide bonds. The highest BCUT2D eigenvalue weighted by atomic mass is 32.2. The van der Waals surface area contributed by atoms with Gasteiger partial charge in [0.05, 0.1) is 0 Å². The summed E-state index contributed by atoms with van der Waals surface area (Å²) >= 11 is 2.44. The Bertz CT molecular complexity index is 518. The van der Waals surface area contributed by atoms with Crippen molar-refractivity contribution in [3.8, 4) is 0 Å². The van der Waals surface area contributed by atoms with Crippen LogP contribution in [0.15, 0.2) is 5.03 Å². The highest BCUT2D eigenvalue weighted by molar-refractivity contribution is 7.99. The van der Waals surface area contributed by atoms with E-state index in [9.17, 15) is 14.7 Å². The first-order valence-corrected chi connectivity index (χ1v) is 9.62. The normalized spacial score (nSPS) is 10.8. The van der Waals surface area contributed by atoms with Gasteiger partial charge in [-0.25, -0.2) is 9.59 Å². The number of nitrogens with zero attached hydrogens (tertiary/aromatic N) is 1. The Morgan fingerprint density at radius 2 is 2.09 bits per heavy atom. The van der Waals surface area contributed by atoms with Crippen LogP contribution in [-0.4, -0.2) is 33.8 Å². The van der Waals surface area contributed by atoms with Gasteiger partial charge in [-0.1, -0.05) is 33.6 Å². The number of amides is 2. The second-order valence-electron chi connectivity index (χ2n) is 5.62. The summed E-state index contributed by atoms with van der Waals surface area (Å²) < 4.78 is 4.18. The molecule has 6 nitrogen and oxygen atoms in total. The van der Waals surface area contributed by atoms with Crippen LogP contribution in [0.25, 0.3) is 0 Å². The third-order valence-electron chi connectivity index (χ3n) is 3.10. The maximum atomic E-state index is 11.8. The topological polar surface area (TPSA) is 91.3 Å². The number of anilines is 1. The van der Waals surface area contributed by atoms with Crippen molar-refractivity contribution in [2.24, 2.45) is 5.92 Å². The molecule has 0 aliphatic heterocycles. The van der Waals surface area contributed by atoms with Crippen molar-refractivity contribution in [2.45, 2.75) is 51.5 Å². The van der Waals surface area contributed by atoms with Crippen LogP contribution >= 0.6 is 23.3 Å². The van der Waals surface area contributed by atoms with Gasteiger partial charge in [0, 0.05) is 6.54 Å². The Morgan fingerprint density at radius 1 is 1.35 bits per heavy atom. The summed E-state index contributed by atoms with van der Waals surface area (Å²) in [6, 6.07) is -0.390. The maximum absolute atomic E-state index is 11.8. The molecule has 0 saturated heterocycles. The van der Waals surface area contributed by atoms with E-state index in [1.54, 1.807) is 0 Å². The van der Waals surface area contributed by atoms with Crippen molar-refractivity contribution >= 4 is 40.3 Å². The van der Waals surface area contributed by atoms with Gasteiger partial charge in [-0.3, -0.25) is 5.32 Å². The summed E-state index contributed by atoms with van der Waals surface area (Å²) in [4.78, 5) is 23.3. The molecule has 0 unspecified atom stereocenters. The number of nitrogens with one attached hydrogen (secondary N) is 2. The molecule has 1 aromatic heterocycles. The molecule has 3 N–H and O–H groups in total. The molecule has 8 heteroatoms. The van der Waals surface area contributed by atoms with Gasteiger partial charge in [0.15, 0.2) is 0 Å². The van der Waals surface area contributed by atoms with Crippen LogP contribution in [0, 0.1) is 5.92 Å². The average molecular weight is 360 g/mol. The van der Waals surface area contributed by atoms with E-state index in [0.29, 0.717) is 17.5 Å². The number of aromatic carboxylic acids is 1. The molecular weight excluding hydrogens is 334 g/mol. The van der Waals surface area contributed by atoms with Crippen LogP contribution in [0.1, 0.15) is 56.8 Å². The molecule has 0 aliphatic rings. The number of urea groups is 1. The van der Waals surface area contributed by atoms with Gasteiger partial charge in [0.2, 0.25) is 0 Å². The smallest absolute Gasteiger partial charge is 0.341 e. The average Bonchev–Trinajstić information content (AvgIpc) is 2.86. The van der Waals surface area contributed by atoms with Crippen LogP contribution in [0.5, 0.6) is 0 Å². The SMILES string of the molecule is CCCCCSc1nsc(NC(=O)NCCC(C)C)c1C(=O)O. The van der Waals surface area contributed by atoms with Crippen molar-refractivity contribution in [3.05, 3.63) is 5.56 Å². The molecular formula is C15H25N3O3S2. The molecule has 1 aromatic rings. The van der Waals surface area contributed by atoms with Gasteiger partial charge >= 0.3 is 12.0 Å². The lowest BCUT2D eigenvalue weighted by molar-refractivity contribution is 0.0694. The number of hydrogen-bond acceptors (Lipinski definition) is 5. The molecule has 130 valence electrons. The van der Waals surface area contributed by atoms with E-state index in [4.69, 9.17) is 0 Å². The number of carboxylic acid groups (broad SMARTS) is 1. The lowest BCUT2D eigenvalue weighted by atomic mass is 10.1. The van der Waals surface area contributed by atoms with Crippen molar-refractivity contribution in [2.75, 3.05) is 17.6 Å². The predicted molar refractivity (Wildman–Crippen MR) is 95.8 cm³/mol. The fourth-order valence-electron chi connectivity index (χ4n) is 1.79. The molecule has 1 rings (SSSR count). The zero-order chi connectivity index (χ0) is 17.2. The lowest BCUT2D eigenvalue weighted by Crippen LogP contribution is -2.30. The second-order valence-corrected chi connectivity index (χ2v) is 7.47. The van der Waals surface area contributed by atoms with Crippen LogP contribution in [0.2, 0.25) is 0 Å². The largest absolute Gasteiger partial charge is 0.477 e. The number of unbranched alkanes of at least 4 members (excludes halogenated alkanes) is 2. The van der Waals surface area contributed by atoms with Crippen molar-refractivity contribution in [1.29, 1.82) is 0 Å². The van der Waals surface area contributed by atoms with Crippen molar-refractivity contribution in [3.63, 3.8) is 0 Å². The number of hydrogen-bond donors (Lipinski definition) is 3. The fraction of sp³-hybridized carbons (Fsp3) is 0.667. The van der Waals surface area contributed by atoms with E-state index < -0.39 is 5.97 Å². The van der Waals surface area contributed by atoms with Gasteiger partial charge in [0.25, 0.3) is 0 Å². The van der Waals surface area contributed by atoms with Crippen molar-refractivity contribution < 1.29 is 14.7 Å². The Kier molecular flexibility index (Phi) is 9.01. The minimum absolute atomic E-state index is 0.0931. The molecule has 0 aromatic carbocycles. The predicted octanol–water partition coefficient (Wildman–Crippen LogP) is 4.29. The monoisotopic (exact) mass is 359 g/mol. The number of carboxylic acids is 1. The quantitative estimate of drug-likeness (QED) is 0.428. The van der Waals surface area contributed by atoms with Crippen LogP contribution < -0.4 is 10.6 Å². The molecule has 0 spiro atoms. The summed E-state index contributed by atoms with van der Waals surface area (Å²) in [6.45, 7) is 6.83. The van der Waals surface area contributed by atoms with Crippen LogP contribution in [0.4, 0.5) is 9.80 Å². The van der Waals surface area contributed by atoms with Gasteiger partial charge in [0.1, 0.15) is 15.6 Å². The summed E-state index contributed by atoms with van der Waals surface area (Å²) in [7, 11) is 0. The zero-order valence-electron chi connectivity index (χ0n) is 13.8. The summed E-state index contributed by atoms with van der Waals surface area (Å²) in [5.74, 6) is 0.270. The summed E-state index contributed by atoms with van der Waals surface area (Å²) in [6.07, 6.45) is 4.13.